The first-order valence-corrected chi connectivity index (χ1v) is 6.76. The van der Waals surface area contributed by atoms with E-state index in [1.165, 1.54) is 0 Å². The summed E-state index contributed by atoms with van der Waals surface area (Å²) in [6.07, 6.45) is 2.80. The van der Waals surface area contributed by atoms with E-state index >= 15 is 0 Å². The highest BCUT2D eigenvalue weighted by Gasteiger charge is 2.05. The standard InChI is InChI=1S/C15H21N3O2/c1-17(2)9-5-11-20-16-15(19)12-18-10-8-13-6-3-4-7-14(13)18/h3-4,6-8,10H,5,9,11-12H2,1-2H3,(H,16,19). The number of hydrogen-bond donors (Lipinski definition) is 1. The molecule has 2 rings (SSSR count). The van der Waals surface area contributed by atoms with Crippen molar-refractivity contribution < 1.29 is 9.63 Å². The molecule has 1 N–H and O–H groups in total. The van der Waals surface area contributed by atoms with E-state index in [0.29, 0.717) is 6.61 Å². The van der Waals surface area contributed by atoms with Gasteiger partial charge in [0.15, 0.2) is 0 Å². The Morgan fingerprint density at radius 3 is 2.90 bits per heavy atom. The molecule has 1 heterocycles. The summed E-state index contributed by atoms with van der Waals surface area (Å²) in [6.45, 7) is 1.73. The third-order valence-electron chi connectivity index (χ3n) is 3.03. The van der Waals surface area contributed by atoms with Gasteiger partial charge in [-0.1, -0.05) is 18.2 Å². The molecular weight excluding hydrogens is 254 g/mol. The van der Waals surface area contributed by atoms with E-state index in [0.717, 1.165) is 23.9 Å². The minimum atomic E-state index is -0.142. The summed E-state index contributed by atoms with van der Waals surface area (Å²) in [6, 6.07) is 9.98. The van der Waals surface area contributed by atoms with Gasteiger partial charge in [0, 0.05) is 11.7 Å². The molecule has 0 atom stereocenters. The van der Waals surface area contributed by atoms with E-state index in [1.54, 1.807) is 0 Å². The molecule has 2 aromatic rings. The molecule has 5 heteroatoms. The zero-order valence-corrected chi connectivity index (χ0v) is 12.0. The molecule has 0 radical (unpaired) electrons. The highest BCUT2D eigenvalue weighted by atomic mass is 16.6. The number of fused-ring (bicyclic) bond motifs is 1. The number of carbonyl (C=O) groups excluding carboxylic acids is 1. The summed E-state index contributed by atoms with van der Waals surface area (Å²) in [5.74, 6) is -0.142. The molecule has 1 aromatic carbocycles. The van der Waals surface area contributed by atoms with Crippen LogP contribution in [0.15, 0.2) is 36.5 Å². The second kappa shape index (κ2) is 7.07. The average Bonchev–Trinajstić information content (AvgIpc) is 2.81. The Labute approximate surface area is 119 Å². The van der Waals surface area contributed by atoms with Gasteiger partial charge < -0.3 is 9.47 Å². The Bertz CT molecular complexity index is 563. The van der Waals surface area contributed by atoms with Crippen molar-refractivity contribution in [1.82, 2.24) is 14.9 Å². The number of aromatic nitrogens is 1. The first kappa shape index (κ1) is 14.6. The van der Waals surface area contributed by atoms with Crippen LogP contribution in [0.5, 0.6) is 0 Å². The van der Waals surface area contributed by atoms with Crippen molar-refractivity contribution >= 4 is 16.8 Å². The highest BCUT2D eigenvalue weighted by molar-refractivity contribution is 5.82. The van der Waals surface area contributed by atoms with Crippen molar-refractivity contribution in [3.05, 3.63) is 36.5 Å². The van der Waals surface area contributed by atoms with Crippen LogP contribution in [-0.2, 0) is 16.2 Å². The molecule has 0 saturated heterocycles. The number of nitrogens with zero attached hydrogens (tertiary/aromatic N) is 2. The van der Waals surface area contributed by atoms with Crippen molar-refractivity contribution in [1.29, 1.82) is 0 Å². The van der Waals surface area contributed by atoms with Gasteiger partial charge in [0.1, 0.15) is 6.54 Å². The van der Waals surface area contributed by atoms with E-state index in [1.807, 2.05) is 55.2 Å². The Balaban J connectivity index is 1.77. The maximum absolute atomic E-state index is 11.8. The average molecular weight is 275 g/mol. The molecule has 1 aromatic heterocycles. The molecular formula is C15H21N3O2. The van der Waals surface area contributed by atoms with Gasteiger partial charge in [0.2, 0.25) is 0 Å². The fraction of sp³-hybridized carbons (Fsp3) is 0.400. The fourth-order valence-corrected chi connectivity index (χ4v) is 2.05. The number of hydroxylamine groups is 1. The van der Waals surface area contributed by atoms with Crippen LogP contribution in [0.25, 0.3) is 10.9 Å². The van der Waals surface area contributed by atoms with E-state index in [-0.39, 0.29) is 12.5 Å². The zero-order chi connectivity index (χ0) is 14.4. The maximum Gasteiger partial charge on any atom is 0.263 e. The molecule has 5 nitrogen and oxygen atoms in total. The second-order valence-electron chi connectivity index (χ2n) is 5.03. The summed E-state index contributed by atoms with van der Waals surface area (Å²) in [5.41, 5.74) is 3.53. The number of rotatable bonds is 7. The molecule has 0 bridgehead atoms. The van der Waals surface area contributed by atoms with Crippen LogP contribution in [0.1, 0.15) is 6.42 Å². The minimum absolute atomic E-state index is 0.142. The number of para-hydroxylation sites is 1. The van der Waals surface area contributed by atoms with Gasteiger partial charge in [-0.05, 0) is 44.6 Å². The van der Waals surface area contributed by atoms with Crippen LogP contribution in [0, 0.1) is 0 Å². The Morgan fingerprint density at radius 2 is 2.10 bits per heavy atom. The van der Waals surface area contributed by atoms with Gasteiger partial charge in [-0.15, -0.1) is 0 Å². The Morgan fingerprint density at radius 1 is 1.30 bits per heavy atom. The lowest BCUT2D eigenvalue weighted by atomic mass is 10.2. The fourth-order valence-electron chi connectivity index (χ4n) is 2.05. The van der Waals surface area contributed by atoms with Crippen molar-refractivity contribution in [3.8, 4) is 0 Å². The van der Waals surface area contributed by atoms with Gasteiger partial charge >= 0.3 is 0 Å². The van der Waals surface area contributed by atoms with Crippen molar-refractivity contribution in [2.75, 3.05) is 27.2 Å². The third kappa shape index (κ3) is 4.08. The first-order valence-electron chi connectivity index (χ1n) is 6.76. The van der Waals surface area contributed by atoms with Crippen molar-refractivity contribution in [2.24, 2.45) is 0 Å². The Hall–Kier alpha value is -1.85. The molecule has 20 heavy (non-hydrogen) atoms. The lowest BCUT2D eigenvalue weighted by Gasteiger charge is -2.10. The molecule has 108 valence electrons. The molecule has 0 spiro atoms. The van der Waals surface area contributed by atoms with E-state index in [4.69, 9.17) is 4.84 Å². The van der Waals surface area contributed by atoms with Crippen LogP contribution in [0.3, 0.4) is 0 Å². The van der Waals surface area contributed by atoms with Gasteiger partial charge in [-0.2, -0.15) is 0 Å². The number of benzene rings is 1. The number of nitrogens with one attached hydrogen (secondary N) is 1. The summed E-state index contributed by atoms with van der Waals surface area (Å²) in [5, 5.41) is 1.13. The smallest absolute Gasteiger partial charge is 0.263 e. The van der Waals surface area contributed by atoms with Crippen molar-refractivity contribution in [3.63, 3.8) is 0 Å². The van der Waals surface area contributed by atoms with Crippen LogP contribution in [0.2, 0.25) is 0 Å². The number of hydrogen-bond acceptors (Lipinski definition) is 3. The largest absolute Gasteiger partial charge is 0.338 e. The van der Waals surface area contributed by atoms with Crippen LogP contribution >= 0.6 is 0 Å². The second-order valence-corrected chi connectivity index (χ2v) is 5.03. The topological polar surface area (TPSA) is 46.5 Å². The highest BCUT2D eigenvalue weighted by Crippen LogP contribution is 2.14. The monoisotopic (exact) mass is 275 g/mol. The lowest BCUT2D eigenvalue weighted by molar-refractivity contribution is -0.134. The first-order chi connectivity index (χ1) is 9.66. The van der Waals surface area contributed by atoms with Gasteiger partial charge in [-0.3, -0.25) is 9.63 Å². The van der Waals surface area contributed by atoms with Crippen molar-refractivity contribution in [2.45, 2.75) is 13.0 Å². The SMILES string of the molecule is CN(C)CCCONC(=O)Cn1ccc2ccccc21. The molecule has 0 aliphatic heterocycles. The van der Waals surface area contributed by atoms with Crippen LogP contribution in [0.4, 0.5) is 0 Å². The summed E-state index contributed by atoms with van der Waals surface area (Å²) >= 11 is 0. The lowest BCUT2D eigenvalue weighted by Crippen LogP contribution is -2.28. The van der Waals surface area contributed by atoms with Gasteiger partial charge in [0.05, 0.1) is 6.61 Å². The summed E-state index contributed by atoms with van der Waals surface area (Å²) < 4.78 is 1.91. The molecule has 0 aliphatic rings. The van der Waals surface area contributed by atoms with Gasteiger partial charge in [-0.25, -0.2) is 5.48 Å². The summed E-state index contributed by atoms with van der Waals surface area (Å²) in [7, 11) is 4.02. The molecule has 0 aliphatic carbocycles. The third-order valence-corrected chi connectivity index (χ3v) is 3.03. The zero-order valence-electron chi connectivity index (χ0n) is 12.0. The van der Waals surface area contributed by atoms with Crippen LogP contribution in [-0.4, -0.2) is 42.6 Å². The maximum atomic E-state index is 11.8. The number of amides is 1. The number of carbonyl (C=O) groups is 1. The predicted octanol–water partition coefficient (Wildman–Crippen LogP) is 1.64. The molecule has 1 amide bonds. The predicted molar refractivity (Wildman–Crippen MR) is 79.2 cm³/mol. The quantitative estimate of drug-likeness (QED) is 0.617. The molecule has 0 unspecified atom stereocenters. The molecule has 0 saturated carbocycles. The van der Waals surface area contributed by atoms with E-state index in [9.17, 15) is 4.79 Å². The minimum Gasteiger partial charge on any atom is -0.338 e. The van der Waals surface area contributed by atoms with Crippen LogP contribution < -0.4 is 5.48 Å². The van der Waals surface area contributed by atoms with E-state index < -0.39 is 0 Å². The molecule has 0 fully saturated rings. The Kier molecular flexibility index (Phi) is 5.15. The van der Waals surface area contributed by atoms with E-state index in [2.05, 4.69) is 10.4 Å². The summed E-state index contributed by atoms with van der Waals surface area (Å²) in [4.78, 5) is 19.0. The van der Waals surface area contributed by atoms with Gasteiger partial charge in [0.25, 0.3) is 5.91 Å². The normalized spacial score (nSPS) is 11.2.